The number of para-hydroxylation sites is 1. The molecule has 0 saturated carbocycles. The van der Waals surface area contributed by atoms with Gasteiger partial charge in [0.15, 0.2) is 0 Å². The minimum atomic E-state index is -0.273. The summed E-state index contributed by atoms with van der Waals surface area (Å²) in [4.78, 5) is 23.4. The first-order chi connectivity index (χ1) is 17.0. The fraction of sp³-hybridized carbons (Fsp3) is 0.400. The normalized spacial score (nSPS) is 13.8. The molecule has 0 aliphatic carbocycles. The molecule has 0 atom stereocenters. The predicted molar refractivity (Wildman–Crippen MR) is 133 cm³/mol. The van der Waals surface area contributed by atoms with Crippen molar-refractivity contribution in [2.24, 2.45) is 0 Å². The largest absolute Gasteiger partial charge is 0.383 e. The van der Waals surface area contributed by atoms with Gasteiger partial charge in [0.05, 0.1) is 12.3 Å². The van der Waals surface area contributed by atoms with Gasteiger partial charge in [0.1, 0.15) is 17.5 Å². The van der Waals surface area contributed by atoms with E-state index in [1.165, 1.54) is 29.7 Å². The van der Waals surface area contributed by atoms with Gasteiger partial charge in [-0.3, -0.25) is 4.79 Å². The van der Waals surface area contributed by atoms with E-state index >= 15 is 0 Å². The van der Waals surface area contributed by atoms with Crippen molar-refractivity contribution in [2.75, 3.05) is 62.8 Å². The van der Waals surface area contributed by atoms with Gasteiger partial charge in [-0.05, 0) is 29.8 Å². The number of hydrogen-bond acceptors (Lipinski definition) is 7. The van der Waals surface area contributed by atoms with Crippen molar-refractivity contribution in [1.82, 2.24) is 14.3 Å². The summed E-state index contributed by atoms with van der Waals surface area (Å²) in [6.07, 6.45) is 0.858. The Labute approximate surface area is 208 Å². The number of halogens is 2. The summed E-state index contributed by atoms with van der Waals surface area (Å²) in [6, 6.07) is 13.0. The molecule has 0 radical (unpaired) electrons. The van der Waals surface area contributed by atoms with Gasteiger partial charge in [0, 0.05) is 70.8 Å². The lowest BCUT2D eigenvalue weighted by Crippen LogP contribution is -2.49. The molecule has 0 bridgehead atoms. The van der Waals surface area contributed by atoms with E-state index in [0.717, 1.165) is 10.7 Å². The Hall–Kier alpha value is -3.11. The first-order valence-electron chi connectivity index (χ1n) is 11.6. The molecule has 4 rings (SSSR count). The van der Waals surface area contributed by atoms with Crippen LogP contribution in [0.3, 0.4) is 0 Å². The fourth-order valence-electron chi connectivity index (χ4n) is 4.03. The number of amides is 1. The summed E-state index contributed by atoms with van der Waals surface area (Å²) in [5.41, 5.74) is 1.52. The highest BCUT2D eigenvalue weighted by molar-refractivity contribution is 7.09. The van der Waals surface area contributed by atoms with E-state index in [1.54, 1.807) is 31.4 Å². The SMILES string of the molecule is COCCN(CCC(=O)N1CCN(c2ccccc2F)CC1)c1nc(Cc2ccc(F)cc2)ns1. The maximum absolute atomic E-state index is 14.1. The lowest BCUT2D eigenvalue weighted by molar-refractivity contribution is -0.131. The molecule has 0 unspecified atom stereocenters. The maximum Gasteiger partial charge on any atom is 0.224 e. The molecule has 1 aromatic heterocycles. The Morgan fingerprint density at radius 2 is 1.80 bits per heavy atom. The molecular formula is C25H29F2N5O2S. The van der Waals surface area contributed by atoms with Crippen LogP contribution < -0.4 is 9.80 Å². The Bertz CT molecular complexity index is 1100. The summed E-state index contributed by atoms with van der Waals surface area (Å²) in [5, 5.41) is 0.733. The molecule has 1 amide bonds. The standard InChI is InChI=1S/C25H29F2N5O2S/c1-34-17-16-32(25-28-23(29-35-25)18-19-6-8-20(26)9-7-19)11-10-24(33)31-14-12-30(13-15-31)22-5-3-2-4-21(22)27/h2-9H,10-18H2,1H3. The molecule has 0 N–H and O–H groups in total. The highest BCUT2D eigenvalue weighted by Gasteiger charge is 2.23. The third kappa shape index (κ3) is 6.73. The van der Waals surface area contributed by atoms with Gasteiger partial charge < -0.3 is 19.4 Å². The van der Waals surface area contributed by atoms with E-state index in [9.17, 15) is 13.6 Å². The van der Waals surface area contributed by atoms with Crippen LogP contribution in [0.1, 0.15) is 17.8 Å². The zero-order valence-corrected chi connectivity index (χ0v) is 20.5. The third-order valence-electron chi connectivity index (χ3n) is 5.99. The van der Waals surface area contributed by atoms with Crippen LogP contribution in [0.15, 0.2) is 48.5 Å². The number of benzene rings is 2. The molecule has 186 valence electrons. The van der Waals surface area contributed by atoms with Crippen molar-refractivity contribution < 1.29 is 18.3 Å². The summed E-state index contributed by atoms with van der Waals surface area (Å²) in [7, 11) is 1.64. The molecule has 1 aliphatic heterocycles. The van der Waals surface area contributed by atoms with E-state index in [2.05, 4.69) is 9.36 Å². The molecule has 0 spiro atoms. The number of rotatable bonds is 10. The number of aromatic nitrogens is 2. The maximum atomic E-state index is 14.1. The Morgan fingerprint density at radius 1 is 1.06 bits per heavy atom. The molecule has 2 heterocycles. The van der Waals surface area contributed by atoms with Crippen molar-refractivity contribution in [1.29, 1.82) is 0 Å². The lowest BCUT2D eigenvalue weighted by Gasteiger charge is -2.36. The van der Waals surface area contributed by atoms with E-state index in [0.29, 0.717) is 70.2 Å². The fourth-order valence-corrected chi connectivity index (χ4v) is 4.76. The van der Waals surface area contributed by atoms with Gasteiger partial charge in [-0.2, -0.15) is 4.37 Å². The number of anilines is 2. The Morgan fingerprint density at radius 3 is 2.51 bits per heavy atom. The van der Waals surface area contributed by atoms with Crippen LogP contribution in [0.25, 0.3) is 0 Å². The van der Waals surface area contributed by atoms with Crippen LogP contribution in [-0.2, 0) is 16.0 Å². The Kier molecular flexibility index (Phi) is 8.59. The highest BCUT2D eigenvalue weighted by atomic mass is 32.1. The third-order valence-corrected chi connectivity index (χ3v) is 6.80. The topological polar surface area (TPSA) is 61.8 Å². The summed E-state index contributed by atoms with van der Waals surface area (Å²) < 4.78 is 36.9. The second-order valence-corrected chi connectivity index (χ2v) is 9.08. The lowest BCUT2D eigenvalue weighted by atomic mass is 10.1. The summed E-state index contributed by atoms with van der Waals surface area (Å²) in [6.45, 7) is 3.92. The Balaban J connectivity index is 1.31. The molecule has 2 aromatic carbocycles. The molecule has 35 heavy (non-hydrogen) atoms. The summed E-state index contributed by atoms with van der Waals surface area (Å²) in [5.74, 6) is 0.216. The van der Waals surface area contributed by atoms with Crippen molar-refractivity contribution in [2.45, 2.75) is 12.8 Å². The average Bonchev–Trinajstić information content (AvgIpc) is 3.34. The van der Waals surface area contributed by atoms with Crippen LogP contribution in [0.2, 0.25) is 0 Å². The van der Waals surface area contributed by atoms with Crippen LogP contribution in [0.5, 0.6) is 0 Å². The van der Waals surface area contributed by atoms with Gasteiger partial charge >= 0.3 is 0 Å². The molecule has 10 heteroatoms. The van der Waals surface area contributed by atoms with Gasteiger partial charge in [-0.15, -0.1) is 0 Å². The van der Waals surface area contributed by atoms with Crippen LogP contribution in [-0.4, -0.2) is 73.1 Å². The molecule has 1 aliphatic rings. The molecule has 1 fully saturated rings. The van der Waals surface area contributed by atoms with Crippen LogP contribution in [0.4, 0.5) is 19.6 Å². The number of ether oxygens (including phenoxy) is 1. The second-order valence-electron chi connectivity index (χ2n) is 8.35. The number of nitrogens with zero attached hydrogens (tertiary/aromatic N) is 5. The van der Waals surface area contributed by atoms with Gasteiger partial charge in [0.2, 0.25) is 11.0 Å². The summed E-state index contributed by atoms with van der Waals surface area (Å²) >= 11 is 1.29. The number of hydrogen-bond donors (Lipinski definition) is 0. The number of carbonyl (C=O) groups excluding carboxylic acids is 1. The quantitative estimate of drug-likeness (QED) is 0.423. The van der Waals surface area contributed by atoms with Crippen LogP contribution >= 0.6 is 11.5 Å². The van der Waals surface area contributed by atoms with E-state index in [4.69, 9.17) is 4.74 Å². The number of piperazine rings is 1. The van der Waals surface area contributed by atoms with Gasteiger partial charge in [-0.1, -0.05) is 24.3 Å². The van der Waals surface area contributed by atoms with Crippen molar-refractivity contribution in [3.05, 3.63) is 71.6 Å². The van der Waals surface area contributed by atoms with Gasteiger partial charge in [0.25, 0.3) is 0 Å². The molecule has 7 nitrogen and oxygen atoms in total. The first-order valence-corrected chi connectivity index (χ1v) is 12.4. The predicted octanol–water partition coefficient (Wildman–Crippen LogP) is 3.60. The van der Waals surface area contributed by atoms with Crippen LogP contribution in [0, 0.1) is 11.6 Å². The average molecular weight is 502 g/mol. The first kappa shape index (κ1) is 25.0. The van der Waals surface area contributed by atoms with E-state index in [-0.39, 0.29) is 17.5 Å². The van der Waals surface area contributed by atoms with E-state index < -0.39 is 0 Å². The van der Waals surface area contributed by atoms with Gasteiger partial charge in [-0.25, -0.2) is 13.8 Å². The van der Waals surface area contributed by atoms with Crippen molar-refractivity contribution >= 4 is 28.3 Å². The smallest absolute Gasteiger partial charge is 0.224 e. The van der Waals surface area contributed by atoms with E-state index in [1.807, 2.05) is 20.8 Å². The molecule has 3 aromatic rings. The molecular weight excluding hydrogens is 472 g/mol. The monoisotopic (exact) mass is 501 g/mol. The molecule has 1 saturated heterocycles. The zero-order valence-electron chi connectivity index (χ0n) is 19.7. The minimum Gasteiger partial charge on any atom is -0.383 e. The second kappa shape index (κ2) is 12.0. The minimum absolute atomic E-state index is 0.0663. The van der Waals surface area contributed by atoms with Crippen molar-refractivity contribution in [3.8, 4) is 0 Å². The highest BCUT2D eigenvalue weighted by Crippen LogP contribution is 2.22. The number of carbonyl (C=O) groups is 1. The number of methoxy groups -OCH3 is 1. The zero-order chi connectivity index (χ0) is 24.6. The van der Waals surface area contributed by atoms with Crippen molar-refractivity contribution in [3.63, 3.8) is 0 Å².